The Balaban J connectivity index is 0.00000176. The maximum Gasteiger partial charge on any atom is 0.338 e. The third-order valence-corrected chi connectivity index (χ3v) is 8.60. The molecule has 1 aliphatic carbocycles. The summed E-state index contributed by atoms with van der Waals surface area (Å²) in [6, 6.07) is 17.5. The van der Waals surface area contributed by atoms with Crippen molar-refractivity contribution in [3.05, 3.63) is 90.8 Å². The number of fused-ring (bicyclic) bond motifs is 1. The summed E-state index contributed by atoms with van der Waals surface area (Å²) in [5.41, 5.74) is 11.1. The van der Waals surface area contributed by atoms with Gasteiger partial charge in [-0.3, -0.25) is 35.6 Å². The van der Waals surface area contributed by atoms with Crippen LogP contribution >= 0.6 is 0 Å². The fourth-order valence-corrected chi connectivity index (χ4v) is 5.98. The average molecular weight is 886 g/mol. The Hall–Kier alpha value is -5.13. The molecule has 1 radical (unpaired) electrons. The molecule has 279 valence electrons. The predicted molar refractivity (Wildman–Crippen MR) is 192 cm³/mol. The van der Waals surface area contributed by atoms with Crippen LogP contribution in [0.25, 0.3) is 10.8 Å². The summed E-state index contributed by atoms with van der Waals surface area (Å²) in [5.74, 6) is -3.50. The summed E-state index contributed by atoms with van der Waals surface area (Å²) < 4.78 is 0. The number of hydrogen-bond acceptors (Lipinski definition) is 6. The molecule has 0 bridgehead atoms. The fraction of sp³-hybridized carbons (Fsp3) is 0.351. The van der Waals surface area contributed by atoms with Gasteiger partial charge in [0.1, 0.15) is 29.3 Å². The first-order valence-corrected chi connectivity index (χ1v) is 16.8. The Bertz CT molecular complexity index is 1770. The Morgan fingerprint density at radius 1 is 0.981 bits per heavy atom. The summed E-state index contributed by atoms with van der Waals surface area (Å²) >= 11 is 0. The van der Waals surface area contributed by atoms with Crippen LogP contribution in [0.1, 0.15) is 50.2 Å². The van der Waals surface area contributed by atoms with Crippen molar-refractivity contribution in [3.8, 4) is 5.75 Å². The second-order valence-corrected chi connectivity index (χ2v) is 12.7. The number of phenols is 1. The molecule has 1 spiro atoms. The molecule has 10 N–H and O–H groups in total. The fourth-order valence-electron chi connectivity index (χ4n) is 5.98. The predicted octanol–water partition coefficient (Wildman–Crippen LogP) is -0.788. The molecule has 4 unspecified atom stereocenters. The standard InChI is InChI=1S/C34H39N8O6.C3H7.Re/c1-42-19-29(45)39-26(7-4-14-37-33(35)36)30(46)41-34(17-25(34)23-11-10-21-5-2-3-6-22(21)16-23)32(48)38-18-28(44)40-27(31(42)47)15-20-8-12-24(43)13-9-20;1-3-2;/h2-3,5-6,8-13,16,19,25-27,43H,4,7,14-15,17-18H2,1H3,(H,38,48)(H,39,45)(H,40,44)(H,41,46)(H4,35,36,37);3H,1-2H3;/q2*-1;/p+1. The summed E-state index contributed by atoms with van der Waals surface area (Å²) in [4.78, 5) is 71.3. The molecule has 3 aromatic carbocycles. The zero-order valence-electron chi connectivity index (χ0n) is 29.4. The number of carbonyl (C=O) groups excluding carboxylic acids is 5. The van der Waals surface area contributed by atoms with Crippen LogP contribution in [0.3, 0.4) is 0 Å². The van der Waals surface area contributed by atoms with Crippen LogP contribution in [0.5, 0.6) is 5.75 Å². The molecule has 15 heteroatoms. The van der Waals surface area contributed by atoms with Crippen LogP contribution in [0.15, 0.2) is 66.7 Å². The van der Waals surface area contributed by atoms with E-state index in [0.717, 1.165) is 27.8 Å². The minimum absolute atomic E-state index is 0. The zero-order chi connectivity index (χ0) is 37.1. The Labute approximate surface area is 317 Å². The molecule has 3 aromatic rings. The van der Waals surface area contributed by atoms with Gasteiger partial charge in [-0.25, -0.2) is 6.54 Å². The van der Waals surface area contributed by atoms with Gasteiger partial charge in [0.25, 0.3) is 0 Å². The van der Waals surface area contributed by atoms with E-state index >= 15 is 0 Å². The Morgan fingerprint density at radius 2 is 1.65 bits per heavy atom. The van der Waals surface area contributed by atoms with Gasteiger partial charge in [0.05, 0.1) is 13.1 Å². The van der Waals surface area contributed by atoms with E-state index in [-0.39, 0.29) is 51.4 Å². The van der Waals surface area contributed by atoms with Gasteiger partial charge in [0.2, 0.25) is 23.6 Å². The topological polar surface area (TPSA) is 223 Å². The number of hydrogen-bond donors (Lipinski definition) is 8. The van der Waals surface area contributed by atoms with E-state index in [9.17, 15) is 29.1 Å². The van der Waals surface area contributed by atoms with Crippen LogP contribution < -0.4 is 37.7 Å². The number of nitrogens with two attached hydrogens (primary N) is 2. The molecule has 2 aliphatic rings. The van der Waals surface area contributed by atoms with Crippen molar-refractivity contribution in [2.75, 3.05) is 20.1 Å². The van der Waals surface area contributed by atoms with E-state index in [4.69, 9.17) is 11.5 Å². The van der Waals surface area contributed by atoms with E-state index in [1.54, 1.807) is 12.1 Å². The van der Waals surface area contributed by atoms with Gasteiger partial charge < -0.3 is 42.5 Å². The van der Waals surface area contributed by atoms with Gasteiger partial charge in [0.15, 0.2) is 0 Å². The number of nitrogens with one attached hydrogen (secondary N) is 5. The van der Waals surface area contributed by atoms with Gasteiger partial charge >= 0.3 is 5.96 Å². The van der Waals surface area contributed by atoms with Crippen LogP contribution in [-0.2, 0) is 50.8 Å². The van der Waals surface area contributed by atoms with Crippen LogP contribution in [-0.4, -0.2) is 83.3 Å². The third kappa shape index (κ3) is 10.9. The van der Waals surface area contributed by atoms with Crippen molar-refractivity contribution in [1.82, 2.24) is 26.2 Å². The third-order valence-electron chi connectivity index (χ3n) is 8.60. The van der Waals surface area contributed by atoms with Crippen molar-refractivity contribution >= 4 is 46.3 Å². The van der Waals surface area contributed by atoms with Crippen molar-refractivity contribution < 1.29 is 54.5 Å². The Morgan fingerprint density at radius 3 is 2.33 bits per heavy atom. The molecule has 1 saturated heterocycles. The monoisotopic (exact) mass is 886 g/mol. The minimum atomic E-state index is -1.39. The number of phenolic OH excluding ortho intramolecular Hbond substituents is 1. The largest absolute Gasteiger partial charge is 0.508 e. The van der Waals surface area contributed by atoms with Gasteiger partial charge in [-0.2, -0.15) is 13.8 Å². The number of benzene rings is 3. The van der Waals surface area contributed by atoms with Gasteiger partial charge in [0, 0.05) is 32.8 Å². The number of aromatic hydroxyl groups is 1. The SMILES string of the molecule is CN1[CH-]C(=O)NC(CCC[NH+]=C(N)N)C(=O)NC2(CC2c2ccc3ccccc3c2)C(=O)NCC(=O)NC(Cc2ccc(O)cc2)C1=O.C[CH-]C.[Re]. The zero-order valence-corrected chi connectivity index (χ0v) is 32.2. The van der Waals surface area contributed by atoms with Crippen molar-refractivity contribution in [1.29, 1.82) is 0 Å². The number of likely N-dealkylation sites (N-methyl/N-ethyl adjacent to an activating group) is 1. The number of amides is 5. The second-order valence-electron chi connectivity index (χ2n) is 12.7. The van der Waals surface area contributed by atoms with Gasteiger partial charge in [-0.15, -0.1) is 0 Å². The minimum Gasteiger partial charge on any atom is -0.508 e. The van der Waals surface area contributed by atoms with Crippen LogP contribution in [0, 0.1) is 13.0 Å². The molecule has 2 fully saturated rings. The van der Waals surface area contributed by atoms with Crippen molar-refractivity contribution in [2.24, 2.45) is 11.5 Å². The van der Waals surface area contributed by atoms with E-state index in [0.29, 0.717) is 18.5 Å². The molecular weight excluding hydrogens is 839 g/mol. The van der Waals surface area contributed by atoms with Crippen molar-refractivity contribution in [2.45, 2.75) is 63.1 Å². The number of rotatable bonds is 7. The van der Waals surface area contributed by atoms with E-state index in [1.165, 1.54) is 19.2 Å². The molecule has 14 nitrogen and oxygen atoms in total. The van der Waals surface area contributed by atoms with E-state index < -0.39 is 59.6 Å². The summed E-state index contributed by atoms with van der Waals surface area (Å²) in [5, 5.41) is 22.6. The number of nitrogens with zero attached hydrogens (tertiary/aromatic N) is 1. The number of guanidine groups is 1. The molecule has 5 amide bonds. The van der Waals surface area contributed by atoms with Gasteiger partial charge in [-0.1, -0.05) is 54.6 Å². The summed E-state index contributed by atoms with van der Waals surface area (Å²) in [6.45, 7) is 4.87. The quantitative estimate of drug-likeness (QED) is 0.0649. The molecule has 1 aliphatic heterocycles. The maximum atomic E-state index is 13.9. The molecule has 4 atom stereocenters. The van der Waals surface area contributed by atoms with Crippen LogP contribution in [0.2, 0.25) is 0 Å². The first-order chi connectivity index (χ1) is 24.4. The molecule has 1 heterocycles. The molecule has 0 aromatic heterocycles. The van der Waals surface area contributed by atoms with Crippen LogP contribution in [0.4, 0.5) is 0 Å². The Kier molecular flexibility index (Phi) is 15.0. The van der Waals surface area contributed by atoms with Gasteiger partial charge in [-0.05, 0) is 60.3 Å². The number of carbonyl (C=O) groups is 5. The first kappa shape index (κ1) is 41.3. The first-order valence-electron chi connectivity index (χ1n) is 16.8. The average Bonchev–Trinajstić information content (AvgIpc) is 3.83. The summed E-state index contributed by atoms with van der Waals surface area (Å²) in [6.07, 6.45) is 2.85. The normalized spacial score (nSPS) is 22.1. The molecule has 5 rings (SSSR count). The molecular formula is C37H47N8O6Re-. The smallest absolute Gasteiger partial charge is 0.338 e. The van der Waals surface area contributed by atoms with Crippen molar-refractivity contribution in [3.63, 3.8) is 0 Å². The summed E-state index contributed by atoms with van der Waals surface area (Å²) in [7, 11) is 1.37. The second kappa shape index (κ2) is 18.9. The molecule has 52 heavy (non-hydrogen) atoms. The molecule has 1 saturated carbocycles. The van der Waals surface area contributed by atoms with E-state index in [1.807, 2.05) is 62.7 Å². The maximum absolute atomic E-state index is 13.9. The van der Waals surface area contributed by atoms with E-state index in [2.05, 4.69) is 26.3 Å².